The monoisotopic (exact) mass is 193 g/mol. The van der Waals surface area contributed by atoms with Crippen molar-refractivity contribution in [3.8, 4) is 0 Å². The van der Waals surface area contributed by atoms with Crippen molar-refractivity contribution in [3.05, 3.63) is 12.3 Å². The Morgan fingerprint density at radius 1 is 1.54 bits per heavy atom. The van der Waals surface area contributed by atoms with Crippen LogP contribution in [-0.2, 0) is 7.05 Å². The molecule has 0 saturated heterocycles. The maximum absolute atomic E-state index is 11.7. The van der Waals surface area contributed by atoms with E-state index in [1.165, 1.54) is 4.68 Å². The molecule has 0 bridgehead atoms. The average molecular weight is 193 g/mol. The molecule has 0 aliphatic carbocycles. The predicted octanol–water partition coefficient (Wildman–Crippen LogP) is 1.78. The number of hydrogen-bond donors (Lipinski definition) is 1. The SMILES string of the molecule is Cn1ccc(NCCC(F)(F)F)n1. The number of aromatic nitrogens is 2. The van der Waals surface area contributed by atoms with Crippen LogP contribution in [0.3, 0.4) is 0 Å². The van der Waals surface area contributed by atoms with Gasteiger partial charge in [-0.1, -0.05) is 0 Å². The Morgan fingerprint density at radius 3 is 2.69 bits per heavy atom. The average Bonchev–Trinajstić information content (AvgIpc) is 2.33. The van der Waals surface area contributed by atoms with Crippen molar-refractivity contribution in [1.29, 1.82) is 0 Å². The van der Waals surface area contributed by atoms with Gasteiger partial charge in [0.2, 0.25) is 0 Å². The van der Waals surface area contributed by atoms with Crippen molar-refractivity contribution in [2.75, 3.05) is 11.9 Å². The van der Waals surface area contributed by atoms with E-state index < -0.39 is 12.6 Å². The predicted molar refractivity (Wildman–Crippen MR) is 42.4 cm³/mol. The minimum Gasteiger partial charge on any atom is -0.368 e. The largest absolute Gasteiger partial charge is 0.390 e. The standard InChI is InChI=1S/C7H10F3N3/c1-13-5-2-6(12-13)11-4-3-7(8,9)10/h2,5H,3-4H2,1H3,(H,11,12). The Hall–Kier alpha value is -1.20. The number of nitrogens with one attached hydrogen (secondary N) is 1. The number of rotatable bonds is 3. The van der Waals surface area contributed by atoms with Gasteiger partial charge in [0, 0.05) is 25.9 Å². The van der Waals surface area contributed by atoms with E-state index in [0.29, 0.717) is 5.82 Å². The van der Waals surface area contributed by atoms with Gasteiger partial charge in [0.05, 0.1) is 6.42 Å². The normalized spacial score (nSPS) is 11.7. The topological polar surface area (TPSA) is 29.9 Å². The lowest BCUT2D eigenvalue weighted by atomic mass is 10.4. The highest BCUT2D eigenvalue weighted by atomic mass is 19.4. The van der Waals surface area contributed by atoms with Gasteiger partial charge in [-0.2, -0.15) is 18.3 Å². The molecule has 0 amide bonds. The zero-order chi connectivity index (χ0) is 9.90. The smallest absolute Gasteiger partial charge is 0.368 e. The molecule has 0 aliphatic rings. The van der Waals surface area contributed by atoms with Crippen molar-refractivity contribution in [3.63, 3.8) is 0 Å². The van der Waals surface area contributed by atoms with Crippen LogP contribution < -0.4 is 5.32 Å². The molecular weight excluding hydrogens is 183 g/mol. The quantitative estimate of drug-likeness (QED) is 0.793. The third-order valence-corrected chi connectivity index (χ3v) is 1.43. The lowest BCUT2D eigenvalue weighted by Crippen LogP contribution is -2.14. The van der Waals surface area contributed by atoms with E-state index in [2.05, 4.69) is 10.4 Å². The first-order chi connectivity index (χ1) is 5.97. The highest BCUT2D eigenvalue weighted by molar-refractivity contribution is 5.31. The highest BCUT2D eigenvalue weighted by Crippen LogP contribution is 2.19. The second-order valence-corrected chi connectivity index (χ2v) is 2.67. The highest BCUT2D eigenvalue weighted by Gasteiger charge is 2.26. The van der Waals surface area contributed by atoms with Crippen molar-refractivity contribution >= 4 is 5.82 Å². The van der Waals surface area contributed by atoms with E-state index in [1.807, 2.05) is 0 Å². The summed E-state index contributed by atoms with van der Waals surface area (Å²) in [5, 5.41) is 6.44. The lowest BCUT2D eigenvalue weighted by Gasteiger charge is -2.05. The van der Waals surface area contributed by atoms with Crippen LogP contribution in [-0.4, -0.2) is 22.5 Å². The summed E-state index contributed by atoms with van der Waals surface area (Å²) in [5.41, 5.74) is 0. The lowest BCUT2D eigenvalue weighted by molar-refractivity contribution is -0.131. The molecule has 0 atom stereocenters. The van der Waals surface area contributed by atoms with E-state index >= 15 is 0 Å². The Balaban J connectivity index is 2.28. The van der Waals surface area contributed by atoms with Gasteiger partial charge >= 0.3 is 6.18 Å². The molecule has 1 aromatic heterocycles. The molecule has 1 N–H and O–H groups in total. The van der Waals surface area contributed by atoms with Crippen LogP contribution in [0, 0.1) is 0 Å². The summed E-state index contributed by atoms with van der Waals surface area (Å²) < 4.78 is 36.6. The molecule has 0 saturated carbocycles. The Labute approximate surface area is 73.5 Å². The minimum atomic E-state index is -4.11. The third kappa shape index (κ3) is 3.82. The molecule has 1 rings (SSSR count). The van der Waals surface area contributed by atoms with Crippen LogP contribution >= 0.6 is 0 Å². The number of hydrogen-bond acceptors (Lipinski definition) is 2. The molecule has 13 heavy (non-hydrogen) atoms. The van der Waals surface area contributed by atoms with E-state index in [0.717, 1.165) is 0 Å². The van der Waals surface area contributed by atoms with Gasteiger partial charge in [0.15, 0.2) is 0 Å². The molecule has 0 radical (unpaired) electrons. The van der Waals surface area contributed by atoms with Gasteiger partial charge in [0.1, 0.15) is 5.82 Å². The molecule has 74 valence electrons. The van der Waals surface area contributed by atoms with Crippen LogP contribution in [0.1, 0.15) is 6.42 Å². The van der Waals surface area contributed by atoms with Gasteiger partial charge in [-0.15, -0.1) is 0 Å². The van der Waals surface area contributed by atoms with Crippen LogP contribution in [0.5, 0.6) is 0 Å². The summed E-state index contributed by atoms with van der Waals surface area (Å²) in [6, 6.07) is 1.62. The molecule has 0 aromatic carbocycles. The first-order valence-electron chi connectivity index (χ1n) is 3.78. The minimum absolute atomic E-state index is 0.138. The summed E-state index contributed by atoms with van der Waals surface area (Å²) >= 11 is 0. The van der Waals surface area contributed by atoms with Crippen LogP contribution in [0.25, 0.3) is 0 Å². The van der Waals surface area contributed by atoms with Crippen LogP contribution in [0.4, 0.5) is 19.0 Å². The summed E-state index contributed by atoms with van der Waals surface area (Å²) in [7, 11) is 1.70. The molecular formula is C7H10F3N3. The van der Waals surface area contributed by atoms with Gasteiger partial charge in [0.25, 0.3) is 0 Å². The number of anilines is 1. The van der Waals surface area contributed by atoms with Gasteiger partial charge in [-0.05, 0) is 0 Å². The Morgan fingerprint density at radius 2 is 2.23 bits per heavy atom. The van der Waals surface area contributed by atoms with Crippen molar-refractivity contribution in [1.82, 2.24) is 9.78 Å². The fourth-order valence-corrected chi connectivity index (χ4v) is 0.842. The fraction of sp³-hybridized carbons (Fsp3) is 0.571. The van der Waals surface area contributed by atoms with Gasteiger partial charge in [-0.25, -0.2) is 0 Å². The zero-order valence-corrected chi connectivity index (χ0v) is 7.10. The molecule has 1 heterocycles. The van der Waals surface area contributed by atoms with Gasteiger partial charge < -0.3 is 5.32 Å². The molecule has 0 aliphatic heterocycles. The summed E-state index contributed by atoms with van der Waals surface area (Å²) in [6.07, 6.45) is -3.29. The van der Waals surface area contributed by atoms with Crippen molar-refractivity contribution in [2.45, 2.75) is 12.6 Å². The van der Waals surface area contributed by atoms with Crippen molar-refractivity contribution < 1.29 is 13.2 Å². The van der Waals surface area contributed by atoms with Crippen molar-refractivity contribution in [2.24, 2.45) is 7.05 Å². The maximum atomic E-state index is 11.7. The van der Waals surface area contributed by atoms with Crippen LogP contribution in [0.15, 0.2) is 12.3 Å². The second-order valence-electron chi connectivity index (χ2n) is 2.67. The Kier molecular flexibility index (Phi) is 2.79. The number of nitrogens with zero attached hydrogens (tertiary/aromatic N) is 2. The number of alkyl halides is 3. The fourth-order valence-electron chi connectivity index (χ4n) is 0.842. The number of aryl methyl sites for hydroxylation is 1. The summed E-state index contributed by atoms with van der Waals surface area (Å²) in [4.78, 5) is 0. The maximum Gasteiger partial charge on any atom is 0.390 e. The van der Waals surface area contributed by atoms with Gasteiger partial charge in [-0.3, -0.25) is 4.68 Å². The second kappa shape index (κ2) is 3.68. The molecule has 6 heteroatoms. The van der Waals surface area contributed by atoms with E-state index in [1.54, 1.807) is 19.3 Å². The van der Waals surface area contributed by atoms with Crippen LogP contribution in [0.2, 0.25) is 0 Å². The molecule has 3 nitrogen and oxygen atoms in total. The molecule has 0 fully saturated rings. The molecule has 1 aromatic rings. The summed E-state index contributed by atoms with van der Waals surface area (Å²) in [5.74, 6) is 0.465. The first kappa shape index (κ1) is 9.88. The third-order valence-electron chi connectivity index (χ3n) is 1.43. The number of halogens is 3. The molecule has 0 unspecified atom stereocenters. The first-order valence-corrected chi connectivity index (χ1v) is 3.78. The molecule has 0 spiro atoms. The van der Waals surface area contributed by atoms with E-state index in [9.17, 15) is 13.2 Å². The zero-order valence-electron chi connectivity index (χ0n) is 7.10. The van der Waals surface area contributed by atoms with E-state index in [-0.39, 0.29) is 6.54 Å². The van der Waals surface area contributed by atoms with E-state index in [4.69, 9.17) is 0 Å². The summed E-state index contributed by atoms with van der Waals surface area (Å²) in [6.45, 7) is -0.138. The Bertz CT molecular complexity index is 266.